The van der Waals surface area contributed by atoms with Crippen LogP contribution < -0.4 is 0 Å². The molecule has 0 aliphatic carbocycles. The minimum atomic E-state index is -0.469. The third-order valence-corrected chi connectivity index (χ3v) is 4.51. The van der Waals surface area contributed by atoms with Gasteiger partial charge in [-0.15, -0.1) is 10.2 Å². The standard InChI is InChI=1S/C17H13N5O3S/c1-10-7-11(2)19-17(14(10)8-18)26-9-15-20-21-16(25-15)12-3-5-13(6-4-12)22(23)24/h3-7H,9H2,1-2H3. The molecule has 1 aromatic carbocycles. The summed E-state index contributed by atoms with van der Waals surface area (Å²) in [5.41, 5.74) is 2.84. The zero-order chi connectivity index (χ0) is 18.7. The highest BCUT2D eigenvalue weighted by molar-refractivity contribution is 7.98. The predicted molar refractivity (Wildman–Crippen MR) is 94.4 cm³/mol. The van der Waals surface area contributed by atoms with Crippen LogP contribution >= 0.6 is 11.8 Å². The fraction of sp³-hybridized carbons (Fsp3) is 0.176. The van der Waals surface area contributed by atoms with Gasteiger partial charge in [0.25, 0.3) is 5.69 Å². The van der Waals surface area contributed by atoms with E-state index in [0.717, 1.165) is 11.3 Å². The van der Waals surface area contributed by atoms with Crippen molar-refractivity contribution in [3.63, 3.8) is 0 Å². The Hall–Kier alpha value is -3.25. The van der Waals surface area contributed by atoms with E-state index in [-0.39, 0.29) is 11.6 Å². The lowest BCUT2D eigenvalue weighted by Gasteiger charge is -2.05. The van der Waals surface area contributed by atoms with Crippen molar-refractivity contribution in [2.45, 2.75) is 24.6 Å². The number of rotatable bonds is 5. The van der Waals surface area contributed by atoms with Crippen LogP contribution in [-0.4, -0.2) is 20.1 Å². The molecule has 2 heterocycles. The van der Waals surface area contributed by atoms with Gasteiger partial charge >= 0.3 is 0 Å². The number of thioether (sulfide) groups is 1. The van der Waals surface area contributed by atoms with E-state index in [1.54, 1.807) is 12.1 Å². The maximum atomic E-state index is 10.7. The quantitative estimate of drug-likeness (QED) is 0.379. The fourth-order valence-electron chi connectivity index (χ4n) is 2.33. The molecule has 0 N–H and O–H groups in total. The van der Waals surface area contributed by atoms with Crippen LogP contribution in [0.15, 0.2) is 39.8 Å². The van der Waals surface area contributed by atoms with Gasteiger partial charge in [-0.05, 0) is 37.6 Å². The molecule has 0 atom stereocenters. The van der Waals surface area contributed by atoms with Gasteiger partial charge in [-0.1, -0.05) is 11.8 Å². The van der Waals surface area contributed by atoms with Gasteiger partial charge in [0.1, 0.15) is 11.1 Å². The fourth-order valence-corrected chi connectivity index (χ4v) is 3.26. The molecule has 0 bridgehead atoms. The number of aryl methyl sites for hydroxylation is 2. The molecule has 26 heavy (non-hydrogen) atoms. The summed E-state index contributed by atoms with van der Waals surface area (Å²) >= 11 is 1.35. The molecular formula is C17H13N5O3S. The summed E-state index contributed by atoms with van der Waals surface area (Å²) in [7, 11) is 0. The molecule has 0 fully saturated rings. The number of hydrogen-bond acceptors (Lipinski definition) is 8. The Morgan fingerprint density at radius 3 is 2.65 bits per heavy atom. The molecule has 0 spiro atoms. The molecule has 9 heteroatoms. The van der Waals surface area contributed by atoms with Gasteiger partial charge in [0.05, 0.1) is 16.2 Å². The van der Waals surface area contributed by atoms with Crippen molar-refractivity contribution in [3.05, 3.63) is 63.2 Å². The lowest BCUT2D eigenvalue weighted by Crippen LogP contribution is -1.94. The number of nitrogens with zero attached hydrogens (tertiary/aromatic N) is 5. The summed E-state index contributed by atoms with van der Waals surface area (Å²) in [6.07, 6.45) is 0. The number of hydrogen-bond donors (Lipinski definition) is 0. The minimum absolute atomic E-state index is 0.00558. The van der Waals surface area contributed by atoms with Gasteiger partial charge < -0.3 is 4.42 Å². The maximum Gasteiger partial charge on any atom is 0.269 e. The van der Waals surface area contributed by atoms with Crippen molar-refractivity contribution >= 4 is 17.4 Å². The zero-order valence-electron chi connectivity index (χ0n) is 14.0. The third-order valence-electron chi connectivity index (χ3n) is 3.55. The van der Waals surface area contributed by atoms with E-state index in [0.29, 0.717) is 27.8 Å². The first-order valence-corrected chi connectivity index (χ1v) is 8.55. The lowest BCUT2D eigenvalue weighted by molar-refractivity contribution is -0.384. The van der Waals surface area contributed by atoms with E-state index in [2.05, 4.69) is 21.3 Å². The van der Waals surface area contributed by atoms with Crippen molar-refractivity contribution in [1.82, 2.24) is 15.2 Å². The van der Waals surface area contributed by atoms with Crippen molar-refractivity contribution in [2.24, 2.45) is 0 Å². The van der Waals surface area contributed by atoms with Gasteiger partial charge in [0.2, 0.25) is 11.8 Å². The van der Waals surface area contributed by atoms with Crippen LogP contribution in [0.25, 0.3) is 11.5 Å². The summed E-state index contributed by atoms with van der Waals surface area (Å²) in [6, 6.07) is 9.91. The monoisotopic (exact) mass is 367 g/mol. The highest BCUT2D eigenvalue weighted by Gasteiger charge is 2.14. The minimum Gasteiger partial charge on any atom is -0.420 e. The average molecular weight is 367 g/mol. The van der Waals surface area contributed by atoms with Crippen LogP contribution in [-0.2, 0) is 5.75 Å². The first kappa shape index (κ1) is 17.6. The van der Waals surface area contributed by atoms with Gasteiger partial charge in [-0.3, -0.25) is 10.1 Å². The Kier molecular flexibility index (Phi) is 4.95. The smallest absolute Gasteiger partial charge is 0.269 e. The lowest BCUT2D eigenvalue weighted by atomic mass is 10.1. The summed E-state index contributed by atoms with van der Waals surface area (Å²) in [5.74, 6) is 1.03. The van der Waals surface area contributed by atoms with Crippen LogP contribution in [0, 0.1) is 35.3 Å². The van der Waals surface area contributed by atoms with Crippen molar-refractivity contribution < 1.29 is 9.34 Å². The molecule has 0 amide bonds. The Bertz CT molecular complexity index is 1010. The van der Waals surface area contributed by atoms with Crippen molar-refractivity contribution in [1.29, 1.82) is 5.26 Å². The number of nitro groups is 1. The summed E-state index contributed by atoms with van der Waals surface area (Å²) in [6.45, 7) is 3.74. The van der Waals surface area contributed by atoms with E-state index >= 15 is 0 Å². The molecule has 3 rings (SSSR count). The number of aromatic nitrogens is 3. The van der Waals surface area contributed by atoms with E-state index in [1.165, 1.54) is 23.9 Å². The molecule has 0 saturated heterocycles. The van der Waals surface area contributed by atoms with Crippen molar-refractivity contribution in [2.75, 3.05) is 0 Å². The summed E-state index contributed by atoms with van der Waals surface area (Å²) in [4.78, 5) is 14.6. The zero-order valence-corrected chi connectivity index (χ0v) is 14.8. The largest absolute Gasteiger partial charge is 0.420 e. The molecule has 8 nitrogen and oxygen atoms in total. The second-order valence-corrected chi connectivity index (χ2v) is 6.43. The predicted octanol–water partition coefficient (Wildman–Crippen LogP) is 3.82. The molecule has 0 aliphatic heterocycles. The number of non-ortho nitro benzene ring substituents is 1. The van der Waals surface area contributed by atoms with Gasteiger partial charge in [-0.25, -0.2) is 4.98 Å². The molecule has 2 aromatic heterocycles. The normalized spacial score (nSPS) is 10.5. The van der Waals surface area contributed by atoms with Crippen LogP contribution in [0.4, 0.5) is 5.69 Å². The SMILES string of the molecule is Cc1cc(C)c(C#N)c(SCc2nnc(-c3ccc([N+](=O)[O-])cc3)o2)n1. The second-order valence-electron chi connectivity index (χ2n) is 5.47. The maximum absolute atomic E-state index is 10.7. The Balaban J connectivity index is 1.75. The molecule has 0 saturated carbocycles. The van der Waals surface area contributed by atoms with E-state index in [1.807, 2.05) is 19.9 Å². The first-order valence-electron chi connectivity index (χ1n) is 7.56. The Morgan fingerprint density at radius 1 is 1.27 bits per heavy atom. The number of benzene rings is 1. The van der Waals surface area contributed by atoms with Gasteiger partial charge in [-0.2, -0.15) is 5.26 Å². The third kappa shape index (κ3) is 3.70. The van der Waals surface area contributed by atoms with Crippen LogP contribution in [0.3, 0.4) is 0 Å². The summed E-state index contributed by atoms with van der Waals surface area (Å²) < 4.78 is 5.60. The van der Waals surface area contributed by atoms with Gasteiger partial charge in [0.15, 0.2) is 0 Å². The molecular weight excluding hydrogens is 354 g/mol. The highest BCUT2D eigenvalue weighted by Crippen LogP contribution is 2.28. The number of pyridine rings is 1. The highest BCUT2D eigenvalue weighted by atomic mass is 32.2. The molecule has 0 unspecified atom stereocenters. The van der Waals surface area contributed by atoms with Crippen LogP contribution in [0.2, 0.25) is 0 Å². The molecule has 130 valence electrons. The molecule has 3 aromatic rings. The van der Waals surface area contributed by atoms with Crippen molar-refractivity contribution in [3.8, 4) is 17.5 Å². The Labute approximate surface area is 153 Å². The van der Waals surface area contributed by atoms with Gasteiger partial charge in [0, 0.05) is 23.4 Å². The molecule has 0 radical (unpaired) electrons. The number of nitriles is 1. The number of nitro benzene ring substituents is 1. The van der Waals surface area contributed by atoms with E-state index in [9.17, 15) is 15.4 Å². The molecule has 0 aliphatic rings. The second kappa shape index (κ2) is 7.33. The van der Waals surface area contributed by atoms with Crippen LogP contribution in [0.5, 0.6) is 0 Å². The average Bonchev–Trinajstić information content (AvgIpc) is 3.08. The van der Waals surface area contributed by atoms with Crippen LogP contribution in [0.1, 0.15) is 22.7 Å². The van der Waals surface area contributed by atoms with E-state index < -0.39 is 4.92 Å². The first-order chi connectivity index (χ1) is 12.5. The Morgan fingerprint density at radius 2 is 2.00 bits per heavy atom. The summed E-state index contributed by atoms with van der Waals surface area (Å²) in [5, 5.41) is 28.6. The van der Waals surface area contributed by atoms with E-state index in [4.69, 9.17) is 4.42 Å². The topological polar surface area (TPSA) is 119 Å².